The van der Waals surface area contributed by atoms with Gasteiger partial charge in [0.25, 0.3) is 0 Å². The van der Waals surface area contributed by atoms with E-state index in [1.165, 1.54) is 6.42 Å². The summed E-state index contributed by atoms with van der Waals surface area (Å²) in [6.45, 7) is 5.25. The van der Waals surface area contributed by atoms with Crippen LogP contribution in [-0.4, -0.2) is 41.3 Å². The predicted octanol–water partition coefficient (Wildman–Crippen LogP) is 3.19. The van der Waals surface area contributed by atoms with Crippen LogP contribution >= 0.6 is 0 Å². The molecule has 2 fully saturated rings. The first kappa shape index (κ1) is 16.8. The fourth-order valence-electron chi connectivity index (χ4n) is 3.92. The van der Waals surface area contributed by atoms with E-state index in [0.717, 1.165) is 49.6 Å². The van der Waals surface area contributed by atoms with E-state index in [9.17, 15) is 0 Å². The molecule has 2 saturated heterocycles. The van der Waals surface area contributed by atoms with Crippen molar-refractivity contribution in [2.45, 2.75) is 57.6 Å². The van der Waals surface area contributed by atoms with Crippen molar-refractivity contribution in [3.63, 3.8) is 0 Å². The van der Waals surface area contributed by atoms with Gasteiger partial charge in [-0.1, -0.05) is 13.0 Å². The van der Waals surface area contributed by atoms with Crippen molar-refractivity contribution in [1.82, 2.24) is 9.88 Å². The van der Waals surface area contributed by atoms with E-state index >= 15 is 0 Å². The Bertz CT molecular complexity index is 673. The first-order valence-corrected chi connectivity index (χ1v) is 9.27. The minimum absolute atomic E-state index is 0.103. The van der Waals surface area contributed by atoms with Gasteiger partial charge in [0.2, 0.25) is 0 Å². The molecular formula is C20H26N2O3. The minimum atomic E-state index is 0.103. The van der Waals surface area contributed by atoms with Crippen molar-refractivity contribution in [2.75, 3.05) is 13.2 Å². The number of ether oxygens (including phenoxy) is 2. The number of likely N-dealkylation sites (tertiary alicyclic amines) is 1. The highest BCUT2D eigenvalue weighted by atomic mass is 16.5. The molecule has 0 spiro atoms. The SMILES string of the molecule is CCc1ccc(CN2C[C@@H](OCc3cccnc3)[C@@H]3OCCC[C@@H]32)o1. The van der Waals surface area contributed by atoms with Crippen molar-refractivity contribution in [1.29, 1.82) is 0 Å². The Labute approximate surface area is 148 Å². The van der Waals surface area contributed by atoms with Crippen molar-refractivity contribution in [3.8, 4) is 0 Å². The van der Waals surface area contributed by atoms with E-state index < -0.39 is 0 Å². The number of nitrogens with zero attached hydrogens (tertiary/aromatic N) is 2. The molecule has 0 aliphatic carbocycles. The predicted molar refractivity (Wildman–Crippen MR) is 94.1 cm³/mol. The molecule has 4 heterocycles. The minimum Gasteiger partial charge on any atom is -0.465 e. The average molecular weight is 342 g/mol. The molecule has 3 atom stereocenters. The Kier molecular flexibility index (Phi) is 5.15. The van der Waals surface area contributed by atoms with Crippen molar-refractivity contribution >= 4 is 0 Å². The third-order valence-electron chi connectivity index (χ3n) is 5.20. The maximum Gasteiger partial charge on any atom is 0.118 e. The molecule has 0 aromatic carbocycles. The van der Waals surface area contributed by atoms with Gasteiger partial charge in [-0.2, -0.15) is 0 Å². The number of rotatable bonds is 6. The van der Waals surface area contributed by atoms with Crippen LogP contribution in [0, 0.1) is 0 Å². The quantitative estimate of drug-likeness (QED) is 0.807. The highest BCUT2D eigenvalue weighted by Crippen LogP contribution is 2.32. The second-order valence-electron chi connectivity index (χ2n) is 6.91. The second-order valence-corrected chi connectivity index (χ2v) is 6.91. The van der Waals surface area contributed by atoms with E-state index in [1.54, 1.807) is 6.20 Å². The Hall–Kier alpha value is -1.69. The lowest BCUT2D eigenvalue weighted by molar-refractivity contribution is -0.0820. The summed E-state index contributed by atoms with van der Waals surface area (Å²) in [6.07, 6.45) is 7.13. The summed E-state index contributed by atoms with van der Waals surface area (Å²) in [5.74, 6) is 2.09. The summed E-state index contributed by atoms with van der Waals surface area (Å²) in [6, 6.07) is 8.59. The first-order chi connectivity index (χ1) is 12.3. The monoisotopic (exact) mass is 342 g/mol. The number of hydrogen-bond donors (Lipinski definition) is 0. The normalized spacial score (nSPS) is 26.7. The summed E-state index contributed by atoms with van der Waals surface area (Å²) < 4.78 is 18.2. The largest absolute Gasteiger partial charge is 0.465 e. The number of fused-ring (bicyclic) bond motifs is 1. The molecule has 0 bridgehead atoms. The summed E-state index contributed by atoms with van der Waals surface area (Å²) in [7, 11) is 0. The van der Waals surface area contributed by atoms with Crippen LogP contribution in [-0.2, 0) is 29.0 Å². The third-order valence-corrected chi connectivity index (χ3v) is 5.20. The van der Waals surface area contributed by atoms with Crippen LogP contribution in [0.1, 0.15) is 36.8 Å². The van der Waals surface area contributed by atoms with Crippen LogP contribution < -0.4 is 0 Å². The number of aromatic nitrogens is 1. The summed E-state index contributed by atoms with van der Waals surface area (Å²) in [5.41, 5.74) is 1.10. The Morgan fingerprint density at radius 2 is 2.20 bits per heavy atom. The van der Waals surface area contributed by atoms with Crippen LogP contribution in [0.15, 0.2) is 41.1 Å². The van der Waals surface area contributed by atoms with Gasteiger partial charge >= 0.3 is 0 Å². The zero-order valence-electron chi connectivity index (χ0n) is 14.8. The highest BCUT2D eigenvalue weighted by Gasteiger charge is 2.44. The van der Waals surface area contributed by atoms with Gasteiger partial charge in [0, 0.05) is 38.0 Å². The number of furan rings is 1. The van der Waals surface area contributed by atoms with Gasteiger partial charge < -0.3 is 13.9 Å². The Balaban J connectivity index is 1.42. The second kappa shape index (κ2) is 7.68. The molecule has 0 N–H and O–H groups in total. The van der Waals surface area contributed by atoms with Gasteiger partial charge in [-0.05, 0) is 36.6 Å². The van der Waals surface area contributed by atoms with Gasteiger partial charge in [0.15, 0.2) is 0 Å². The van der Waals surface area contributed by atoms with Crippen LogP contribution in [0.2, 0.25) is 0 Å². The van der Waals surface area contributed by atoms with Crippen molar-refractivity contribution in [3.05, 3.63) is 53.7 Å². The van der Waals surface area contributed by atoms with E-state index in [1.807, 2.05) is 18.3 Å². The number of pyridine rings is 1. The molecule has 5 heteroatoms. The van der Waals surface area contributed by atoms with E-state index in [0.29, 0.717) is 12.6 Å². The topological polar surface area (TPSA) is 47.7 Å². The van der Waals surface area contributed by atoms with Crippen LogP contribution in [0.25, 0.3) is 0 Å². The van der Waals surface area contributed by atoms with Crippen LogP contribution in [0.5, 0.6) is 0 Å². The third kappa shape index (κ3) is 3.78. The first-order valence-electron chi connectivity index (χ1n) is 9.27. The van der Waals surface area contributed by atoms with E-state index in [-0.39, 0.29) is 12.2 Å². The fourth-order valence-corrected chi connectivity index (χ4v) is 3.92. The number of aryl methyl sites for hydroxylation is 1. The van der Waals surface area contributed by atoms with Crippen molar-refractivity contribution in [2.24, 2.45) is 0 Å². The molecule has 2 aromatic rings. The Morgan fingerprint density at radius 3 is 3.00 bits per heavy atom. The molecule has 0 radical (unpaired) electrons. The summed E-state index contributed by atoms with van der Waals surface area (Å²) in [5, 5.41) is 0. The zero-order chi connectivity index (χ0) is 17.1. The molecule has 2 aliphatic heterocycles. The molecule has 5 nitrogen and oxygen atoms in total. The maximum absolute atomic E-state index is 6.22. The molecule has 2 aliphatic rings. The van der Waals surface area contributed by atoms with E-state index in [4.69, 9.17) is 13.9 Å². The van der Waals surface area contributed by atoms with Crippen molar-refractivity contribution < 1.29 is 13.9 Å². The highest BCUT2D eigenvalue weighted by molar-refractivity contribution is 5.10. The molecule has 0 amide bonds. The standard InChI is InChI=1S/C20H26N2O3/c1-2-16-7-8-17(25-16)12-22-13-19(20-18(22)6-4-10-23-20)24-14-15-5-3-9-21-11-15/h3,5,7-9,11,18-20H,2,4,6,10,12-14H2,1H3/t18-,19+,20+/m0/s1. The zero-order valence-corrected chi connectivity index (χ0v) is 14.8. The lowest BCUT2D eigenvalue weighted by Gasteiger charge is -2.32. The van der Waals surface area contributed by atoms with Gasteiger partial charge in [-0.25, -0.2) is 0 Å². The van der Waals surface area contributed by atoms with Gasteiger partial charge in [0.1, 0.15) is 17.6 Å². The summed E-state index contributed by atoms with van der Waals surface area (Å²) in [4.78, 5) is 6.63. The molecule has 0 unspecified atom stereocenters. The van der Waals surface area contributed by atoms with Gasteiger partial charge in [-0.15, -0.1) is 0 Å². The van der Waals surface area contributed by atoms with Gasteiger partial charge in [-0.3, -0.25) is 9.88 Å². The molecular weight excluding hydrogens is 316 g/mol. The molecule has 25 heavy (non-hydrogen) atoms. The van der Waals surface area contributed by atoms with Crippen LogP contribution in [0.4, 0.5) is 0 Å². The number of hydrogen-bond acceptors (Lipinski definition) is 5. The average Bonchev–Trinajstić information content (AvgIpc) is 3.26. The Morgan fingerprint density at radius 1 is 1.28 bits per heavy atom. The smallest absolute Gasteiger partial charge is 0.118 e. The lowest BCUT2D eigenvalue weighted by Crippen LogP contribution is -2.41. The fraction of sp³-hybridized carbons (Fsp3) is 0.550. The molecule has 4 rings (SSSR count). The van der Waals surface area contributed by atoms with Gasteiger partial charge in [0.05, 0.1) is 19.3 Å². The molecule has 0 saturated carbocycles. The summed E-state index contributed by atoms with van der Waals surface area (Å²) >= 11 is 0. The lowest BCUT2D eigenvalue weighted by atomic mass is 10.0. The van der Waals surface area contributed by atoms with Crippen LogP contribution in [0.3, 0.4) is 0 Å². The molecule has 134 valence electrons. The maximum atomic E-state index is 6.22. The molecule has 2 aromatic heterocycles. The van der Waals surface area contributed by atoms with E-state index in [2.05, 4.69) is 28.9 Å².